The highest BCUT2D eigenvalue weighted by Crippen LogP contribution is 2.30. The number of nitrogen functional groups attached to an aromatic ring is 1. The summed E-state index contributed by atoms with van der Waals surface area (Å²) in [7, 11) is 0. The van der Waals surface area contributed by atoms with Crippen LogP contribution < -0.4 is 10.6 Å². The van der Waals surface area contributed by atoms with Crippen molar-refractivity contribution in [3.8, 4) is 11.8 Å². The van der Waals surface area contributed by atoms with Gasteiger partial charge in [0.05, 0.1) is 6.54 Å². The standard InChI is InChI=1S/C13H16N2/c1-2-3-9-15-10-5-6-11-12(14)7-4-8-13(11)15/h4,7-8H,5-6,9-10,14H2,1H3. The minimum Gasteiger partial charge on any atom is -0.398 e. The first-order chi connectivity index (χ1) is 7.33. The first kappa shape index (κ1) is 9.92. The number of benzene rings is 1. The van der Waals surface area contributed by atoms with E-state index in [1.165, 1.54) is 17.7 Å². The van der Waals surface area contributed by atoms with Gasteiger partial charge in [-0.15, -0.1) is 5.92 Å². The highest BCUT2D eigenvalue weighted by molar-refractivity contribution is 5.66. The molecule has 0 radical (unpaired) electrons. The van der Waals surface area contributed by atoms with Gasteiger partial charge in [0, 0.05) is 17.9 Å². The predicted molar refractivity (Wildman–Crippen MR) is 64.8 cm³/mol. The maximum Gasteiger partial charge on any atom is 0.0794 e. The molecule has 0 atom stereocenters. The van der Waals surface area contributed by atoms with E-state index in [1.54, 1.807) is 0 Å². The summed E-state index contributed by atoms with van der Waals surface area (Å²) in [5.41, 5.74) is 9.45. The average molecular weight is 200 g/mol. The van der Waals surface area contributed by atoms with Crippen LogP contribution in [-0.2, 0) is 6.42 Å². The topological polar surface area (TPSA) is 29.3 Å². The lowest BCUT2D eigenvalue weighted by Gasteiger charge is -2.30. The van der Waals surface area contributed by atoms with Crippen LogP contribution in [0.25, 0.3) is 0 Å². The molecule has 0 aromatic heterocycles. The number of hydrogen-bond acceptors (Lipinski definition) is 2. The Bertz CT molecular complexity index is 412. The van der Waals surface area contributed by atoms with Gasteiger partial charge in [-0.1, -0.05) is 12.0 Å². The fraction of sp³-hybridized carbons (Fsp3) is 0.385. The van der Waals surface area contributed by atoms with Crippen LogP contribution in [0, 0.1) is 11.8 Å². The van der Waals surface area contributed by atoms with E-state index in [0.717, 1.165) is 25.2 Å². The van der Waals surface area contributed by atoms with Crippen LogP contribution in [0.3, 0.4) is 0 Å². The zero-order valence-electron chi connectivity index (χ0n) is 9.09. The number of nitrogens with zero attached hydrogens (tertiary/aromatic N) is 1. The Morgan fingerprint density at radius 2 is 2.33 bits per heavy atom. The zero-order valence-corrected chi connectivity index (χ0v) is 9.09. The summed E-state index contributed by atoms with van der Waals surface area (Å²) in [6, 6.07) is 6.14. The van der Waals surface area contributed by atoms with E-state index in [2.05, 4.69) is 22.8 Å². The molecule has 2 rings (SSSR count). The van der Waals surface area contributed by atoms with Gasteiger partial charge in [0.15, 0.2) is 0 Å². The third kappa shape index (κ3) is 1.92. The van der Waals surface area contributed by atoms with E-state index < -0.39 is 0 Å². The van der Waals surface area contributed by atoms with Gasteiger partial charge in [-0.25, -0.2) is 0 Å². The molecule has 0 saturated carbocycles. The Balaban J connectivity index is 2.32. The van der Waals surface area contributed by atoms with Gasteiger partial charge in [-0.3, -0.25) is 0 Å². The molecule has 0 bridgehead atoms. The van der Waals surface area contributed by atoms with Crippen LogP contribution >= 0.6 is 0 Å². The zero-order chi connectivity index (χ0) is 10.7. The fourth-order valence-corrected chi connectivity index (χ4v) is 2.07. The molecule has 1 aromatic carbocycles. The molecule has 0 saturated heterocycles. The van der Waals surface area contributed by atoms with Crippen molar-refractivity contribution < 1.29 is 0 Å². The monoisotopic (exact) mass is 200 g/mol. The first-order valence-corrected chi connectivity index (χ1v) is 5.35. The lowest BCUT2D eigenvalue weighted by atomic mass is 10.00. The van der Waals surface area contributed by atoms with Gasteiger partial charge in [0.1, 0.15) is 0 Å². The van der Waals surface area contributed by atoms with E-state index in [4.69, 9.17) is 5.73 Å². The maximum atomic E-state index is 5.97. The molecule has 78 valence electrons. The van der Waals surface area contributed by atoms with Crippen LogP contribution in [0.2, 0.25) is 0 Å². The Hall–Kier alpha value is -1.62. The van der Waals surface area contributed by atoms with Crippen molar-refractivity contribution in [2.24, 2.45) is 0 Å². The Kier molecular flexibility index (Phi) is 2.82. The van der Waals surface area contributed by atoms with Crippen molar-refractivity contribution in [1.29, 1.82) is 0 Å². The molecule has 2 N–H and O–H groups in total. The fourth-order valence-electron chi connectivity index (χ4n) is 2.07. The predicted octanol–water partition coefficient (Wildman–Crippen LogP) is 2.04. The van der Waals surface area contributed by atoms with Crippen LogP contribution in [0.5, 0.6) is 0 Å². The Morgan fingerprint density at radius 1 is 1.47 bits per heavy atom. The van der Waals surface area contributed by atoms with Gasteiger partial charge in [0.2, 0.25) is 0 Å². The molecular weight excluding hydrogens is 184 g/mol. The summed E-state index contributed by atoms with van der Waals surface area (Å²) >= 11 is 0. The van der Waals surface area contributed by atoms with E-state index >= 15 is 0 Å². The molecule has 1 aliphatic heterocycles. The van der Waals surface area contributed by atoms with Crippen molar-refractivity contribution in [2.75, 3.05) is 23.7 Å². The normalized spacial score (nSPS) is 14.1. The number of nitrogens with two attached hydrogens (primary N) is 1. The van der Waals surface area contributed by atoms with Gasteiger partial charge in [-0.05, 0) is 37.5 Å². The van der Waals surface area contributed by atoms with Crippen LogP contribution in [-0.4, -0.2) is 13.1 Å². The molecule has 0 aliphatic carbocycles. The quantitative estimate of drug-likeness (QED) is 0.555. The summed E-state index contributed by atoms with van der Waals surface area (Å²) in [5.74, 6) is 6.05. The van der Waals surface area contributed by atoms with E-state index in [0.29, 0.717) is 0 Å². The highest BCUT2D eigenvalue weighted by atomic mass is 15.1. The summed E-state index contributed by atoms with van der Waals surface area (Å²) in [6.07, 6.45) is 2.27. The molecule has 2 heteroatoms. The van der Waals surface area contributed by atoms with Gasteiger partial charge in [-0.2, -0.15) is 0 Å². The number of anilines is 2. The number of hydrogen-bond donors (Lipinski definition) is 1. The molecule has 15 heavy (non-hydrogen) atoms. The molecule has 0 unspecified atom stereocenters. The SMILES string of the molecule is CC#CCN1CCCc2c(N)cccc21. The first-order valence-electron chi connectivity index (χ1n) is 5.35. The van der Waals surface area contributed by atoms with Gasteiger partial charge >= 0.3 is 0 Å². The highest BCUT2D eigenvalue weighted by Gasteiger charge is 2.17. The number of fused-ring (bicyclic) bond motifs is 1. The van der Waals surface area contributed by atoms with Crippen LogP contribution in [0.4, 0.5) is 11.4 Å². The van der Waals surface area contributed by atoms with Crippen LogP contribution in [0.1, 0.15) is 18.9 Å². The molecule has 0 amide bonds. The minimum absolute atomic E-state index is 0.812. The van der Waals surface area contributed by atoms with Gasteiger partial charge < -0.3 is 10.6 Å². The van der Waals surface area contributed by atoms with Crippen LogP contribution in [0.15, 0.2) is 18.2 Å². The lowest BCUT2D eigenvalue weighted by Crippen LogP contribution is -2.30. The third-order valence-corrected chi connectivity index (χ3v) is 2.83. The Labute approximate surface area is 91.1 Å². The average Bonchev–Trinajstić information content (AvgIpc) is 2.27. The molecule has 2 nitrogen and oxygen atoms in total. The second-order valence-corrected chi connectivity index (χ2v) is 3.80. The Morgan fingerprint density at radius 3 is 3.13 bits per heavy atom. The smallest absolute Gasteiger partial charge is 0.0794 e. The van der Waals surface area contributed by atoms with E-state index in [1.807, 2.05) is 19.1 Å². The van der Waals surface area contributed by atoms with E-state index in [-0.39, 0.29) is 0 Å². The maximum absolute atomic E-state index is 5.97. The van der Waals surface area contributed by atoms with Crippen molar-refractivity contribution >= 4 is 11.4 Å². The van der Waals surface area contributed by atoms with Crippen molar-refractivity contribution in [3.05, 3.63) is 23.8 Å². The van der Waals surface area contributed by atoms with E-state index in [9.17, 15) is 0 Å². The summed E-state index contributed by atoms with van der Waals surface area (Å²) in [6.45, 7) is 3.78. The second kappa shape index (κ2) is 4.27. The molecular formula is C13H16N2. The second-order valence-electron chi connectivity index (χ2n) is 3.80. The molecule has 0 spiro atoms. The molecule has 0 fully saturated rings. The van der Waals surface area contributed by atoms with Crippen molar-refractivity contribution in [2.45, 2.75) is 19.8 Å². The van der Waals surface area contributed by atoms with Crippen molar-refractivity contribution in [3.63, 3.8) is 0 Å². The summed E-state index contributed by atoms with van der Waals surface area (Å²) < 4.78 is 0. The summed E-state index contributed by atoms with van der Waals surface area (Å²) in [5, 5.41) is 0. The summed E-state index contributed by atoms with van der Waals surface area (Å²) in [4.78, 5) is 2.31. The van der Waals surface area contributed by atoms with Crippen molar-refractivity contribution in [1.82, 2.24) is 0 Å². The number of rotatable bonds is 1. The lowest BCUT2D eigenvalue weighted by molar-refractivity contribution is 0.728. The molecule has 1 aromatic rings. The molecule has 1 heterocycles. The van der Waals surface area contributed by atoms with Gasteiger partial charge in [0.25, 0.3) is 0 Å². The largest absolute Gasteiger partial charge is 0.398 e. The molecule has 1 aliphatic rings. The third-order valence-electron chi connectivity index (χ3n) is 2.83. The minimum atomic E-state index is 0.812.